The number of amides is 1. The summed E-state index contributed by atoms with van der Waals surface area (Å²) in [6, 6.07) is 5.54. The van der Waals surface area contributed by atoms with Crippen LogP contribution in [0.5, 0.6) is 0 Å². The lowest BCUT2D eigenvalue weighted by Gasteiger charge is -2.22. The first kappa shape index (κ1) is 12.4. The number of aryl methyl sites for hydroxylation is 1. The van der Waals surface area contributed by atoms with Crippen LogP contribution in [0.2, 0.25) is 5.02 Å². The van der Waals surface area contributed by atoms with Crippen LogP contribution >= 0.6 is 11.6 Å². The normalized spacial score (nSPS) is 20.0. The lowest BCUT2D eigenvalue weighted by Crippen LogP contribution is -2.37. The summed E-state index contributed by atoms with van der Waals surface area (Å²) < 4.78 is 0. The molecule has 2 rings (SSSR count). The van der Waals surface area contributed by atoms with E-state index in [0.29, 0.717) is 5.02 Å². The van der Waals surface area contributed by atoms with Gasteiger partial charge in [0.25, 0.3) is 0 Å². The SMILES string of the molecule is Cc1ccc(Cl)cc1NC(=O)[C@@H]1CCCNC1. The summed E-state index contributed by atoms with van der Waals surface area (Å²) in [7, 11) is 0. The van der Waals surface area contributed by atoms with Gasteiger partial charge in [-0.15, -0.1) is 0 Å². The predicted molar refractivity (Wildman–Crippen MR) is 70.4 cm³/mol. The fourth-order valence-corrected chi connectivity index (χ4v) is 2.21. The molecule has 1 atom stereocenters. The molecule has 92 valence electrons. The predicted octanol–water partition coefficient (Wildman–Crippen LogP) is 2.59. The van der Waals surface area contributed by atoms with E-state index < -0.39 is 0 Å². The highest BCUT2D eigenvalue weighted by molar-refractivity contribution is 6.31. The van der Waals surface area contributed by atoms with Crippen molar-refractivity contribution in [2.45, 2.75) is 19.8 Å². The van der Waals surface area contributed by atoms with Gasteiger partial charge in [-0.3, -0.25) is 4.79 Å². The van der Waals surface area contributed by atoms with Crippen molar-refractivity contribution in [3.8, 4) is 0 Å². The highest BCUT2D eigenvalue weighted by Crippen LogP contribution is 2.21. The fraction of sp³-hybridized carbons (Fsp3) is 0.462. The monoisotopic (exact) mass is 252 g/mol. The lowest BCUT2D eigenvalue weighted by molar-refractivity contribution is -0.120. The van der Waals surface area contributed by atoms with Crippen molar-refractivity contribution in [3.05, 3.63) is 28.8 Å². The maximum Gasteiger partial charge on any atom is 0.228 e. The first-order valence-corrected chi connectivity index (χ1v) is 6.32. The number of rotatable bonds is 2. The molecule has 1 aliphatic rings. The molecule has 1 aromatic carbocycles. The van der Waals surface area contributed by atoms with Crippen LogP contribution in [0, 0.1) is 12.8 Å². The second-order valence-corrected chi connectivity index (χ2v) is 4.93. The molecule has 1 amide bonds. The van der Waals surface area contributed by atoms with E-state index in [2.05, 4.69) is 10.6 Å². The second-order valence-electron chi connectivity index (χ2n) is 4.49. The van der Waals surface area contributed by atoms with E-state index in [4.69, 9.17) is 11.6 Å². The zero-order valence-electron chi connectivity index (χ0n) is 9.92. The van der Waals surface area contributed by atoms with Crippen molar-refractivity contribution >= 4 is 23.2 Å². The second kappa shape index (κ2) is 5.52. The van der Waals surface area contributed by atoms with Crippen molar-refractivity contribution in [1.82, 2.24) is 5.32 Å². The summed E-state index contributed by atoms with van der Waals surface area (Å²) in [5.74, 6) is 0.157. The van der Waals surface area contributed by atoms with E-state index in [-0.39, 0.29) is 11.8 Å². The molecule has 2 N–H and O–H groups in total. The van der Waals surface area contributed by atoms with Gasteiger partial charge in [0.1, 0.15) is 0 Å². The number of halogens is 1. The molecule has 1 heterocycles. The Bertz CT molecular complexity index is 414. The number of nitrogens with one attached hydrogen (secondary N) is 2. The van der Waals surface area contributed by atoms with E-state index >= 15 is 0 Å². The molecule has 0 spiro atoms. The quantitative estimate of drug-likeness (QED) is 0.850. The number of hydrogen-bond acceptors (Lipinski definition) is 2. The first-order valence-electron chi connectivity index (χ1n) is 5.94. The summed E-state index contributed by atoms with van der Waals surface area (Å²) in [6.45, 7) is 3.75. The third kappa shape index (κ3) is 3.20. The first-order chi connectivity index (χ1) is 8.16. The van der Waals surface area contributed by atoms with Crippen LogP contribution < -0.4 is 10.6 Å². The lowest BCUT2D eigenvalue weighted by atomic mass is 9.98. The van der Waals surface area contributed by atoms with Crippen molar-refractivity contribution in [1.29, 1.82) is 0 Å². The molecule has 0 aromatic heterocycles. The summed E-state index contributed by atoms with van der Waals surface area (Å²) in [5, 5.41) is 6.84. The van der Waals surface area contributed by atoms with Crippen LogP contribution in [-0.4, -0.2) is 19.0 Å². The molecule has 17 heavy (non-hydrogen) atoms. The Kier molecular flexibility index (Phi) is 4.02. The van der Waals surface area contributed by atoms with Gasteiger partial charge in [0.15, 0.2) is 0 Å². The minimum atomic E-state index is 0.0714. The van der Waals surface area contributed by atoms with Crippen LogP contribution in [0.1, 0.15) is 18.4 Å². The summed E-state index contributed by atoms with van der Waals surface area (Å²) in [6.07, 6.45) is 2.02. The molecule has 1 fully saturated rings. The smallest absolute Gasteiger partial charge is 0.228 e. The van der Waals surface area contributed by atoms with Gasteiger partial charge in [-0.05, 0) is 44.0 Å². The topological polar surface area (TPSA) is 41.1 Å². The van der Waals surface area contributed by atoms with Gasteiger partial charge in [0.05, 0.1) is 5.92 Å². The molecule has 0 aliphatic carbocycles. The Morgan fingerprint density at radius 2 is 2.35 bits per heavy atom. The van der Waals surface area contributed by atoms with Gasteiger partial charge in [-0.1, -0.05) is 17.7 Å². The van der Waals surface area contributed by atoms with Gasteiger partial charge < -0.3 is 10.6 Å². The molecule has 1 saturated heterocycles. The fourth-order valence-electron chi connectivity index (χ4n) is 2.04. The summed E-state index contributed by atoms with van der Waals surface area (Å²) in [5.41, 5.74) is 1.85. The average Bonchev–Trinajstić information content (AvgIpc) is 2.35. The standard InChI is InChI=1S/C13H17ClN2O/c1-9-4-5-11(14)7-12(9)16-13(17)10-3-2-6-15-8-10/h4-5,7,10,15H,2-3,6,8H2,1H3,(H,16,17)/t10-/m1/s1. The molecule has 4 heteroatoms. The van der Waals surface area contributed by atoms with E-state index in [9.17, 15) is 4.79 Å². The third-order valence-corrected chi connectivity index (χ3v) is 3.36. The van der Waals surface area contributed by atoms with Gasteiger partial charge in [-0.2, -0.15) is 0 Å². The molecular weight excluding hydrogens is 236 g/mol. The molecule has 0 unspecified atom stereocenters. The molecule has 3 nitrogen and oxygen atoms in total. The van der Waals surface area contributed by atoms with Crippen LogP contribution in [-0.2, 0) is 4.79 Å². The maximum atomic E-state index is 12.0. The number of carbonyl (C=O) groups is 1. The number of anilines is 1. The van der Waals surface area contributed by atoms with Crippen LogP contribution in [0.3, 0.4) is 0 Å². The summed E-state index contributed by atoms with van der Waals surface area (Å²) in [4.78, 5) is 12.0. The minimum Gasteiger partial charge on any atom is -0.326 e. The van der Waals surface area contributed by atoms with Gasteiger partial charge in [0, 0.05) is 17.3 Å². The van der Waals surface area contributed by atoms with Gasteiger partial charge >= 0.3 is 0 Å². The van der Waals surface area contributed by atoms with Gasteiger partial charge in [-0.25, -0.2) is 0 Å². The third-order valence-electron chi connectivity index (χ3n) is 3.13. The Morgan fingerprint density at radius 1 is 1.53 bits per heavy atom. The summed E-state index contributed by atoms with van der Waals surface area (Å²) >= 11 is 5.92. The zero-order valence-corrected chi connectivity index (χ0v) is 10.7. The van der Waals surface area contributed by atoms with Crippen LogP contribution in [0.25, 0.3) is 0 Å². The van der Waals surface area contributed by atoms with E-state index in [0.717, 1.165) is 37.2 Å². The molecular formula is C13H17ClN2O. The van der Waals surface area contributed by atoms with Crippen LogP contribution in [0.4, 0.5) is 5.69 Å². The maximum absolute atomic E-state index is 12.0. The molecule has 0 saturated carbocycles. The number of benzene rings is 1. The highest BCUT2D eigenvalue weighted by Gasteiger charge is 2.21. The minimum absolute atomic E-state index is 0.0714. The van der Waals surface area contributed by atoms with Crippen molar-refractivity contribution in [3.63, 3.8) is 0 Å². The van der Waals surface area contributed by atoms with Crippen LogP contribution in [0.15, 0.2) is 18.2 Å². The molecule has 1 aliphatic heterocycles. The Balaban J connectivity index is 2.04. The van der Waals surface area contributed by atoms with Crippen molar-refractivity contribution < 1.29 is 4.79 Å². The Labute approximate surface area is 107 Å². The van der Waals surface area contributed by atoms with Gasteiger partial charge in [0.2, 0.25) is 5.91 Å². The van der Waals surface area contributed by atoms with Crippen molar-refractivity contribution in [2.24, 2.45) is 5.92 Å². The molecule has 1 aromatic rings. The number of piperidine rings is 1. The number of carbonyl (C=O) groups excluding carboxylic acids is 1. The zero-order chi connectivity index (χ0) is 12.3. The average molecular weight is 253 g/mol. The number of hydrogen-bond donors (Lipinski definition) is 2. The Morgan fingerprint density at radius 3 is 3.06 bits per heavy atom. The van der Waals surface area contributed by atoms with E-state index in [1.54, 1.807) is 6.07 Å². The molecule has 0 radical (unpaired) electrons. The van der Waals surface area contributed by atoms with E-state index in [1.807, 2.05) is 19.1 Å². The molecule has 0 bridgehead atoms. The van der Waals surface area contributed by atoms with Crippen molar-refractivity contribution in [2.75, 3.05) is 18.4 Å². The highest BCUT2D eigenvalue weighted by atomic mass is 35.5. The Hall–Kier alpha value is -1.06. The largest absolute Gasteiger partial charge is 0.326 e. The van der Waals surface area contributed by atoms with E-state index in [1.165, 1.54) is 0 Å².